The molecule has 31 heavy (non-hydrogen) atoms. The molecule has 0 aliphatic heterocycles. The van der Waals surface area contributed by atoms with Crippen LogP contribution in [0, 0.1) is 0 Å². The number of fused-ring (bicyclic) bond motifs is 1. The summed E-state index contributed by atoms with van der Waals surface area (Å²) in [6, 6.07) is 23.5. The van der Waals surface area contributed by atoms with Crippen LogP contribution in [0.15, 0.2) is 79.0 Å². The average molecular weight is 413 g/mol. The van der Waals surface area contributed by atoms with Crippen molar-refractivity contribution in [1.82, 2.24) is 4.57 Å². The lowest BCUT2D eigenvalue weighted by molar-refractivity contribution is -0.305. The summed E-state index contributed by atoms with van der Waals surface area (Å²) in [5.41, 5.74) is 4.35. The molecule has 4 aromatic rings. The van der Waals surface area contributed by atoms with Gasteiger partial charge in [0.1, 0.15) is 11.5 Å². The molecule has 4 nitrogen and oxygen atoms in total. The number of carboxylic acids is 1. The number of carbonyl (C=O) groups is 1. The SMILES string of the molecule is CCc1cccc2c([C@H](CC(=O)[O-])c3cccc(Oc4ccccc4)c3)cn(CC)c12. The first-order valence-corrected chi connectivity index (χ1v) is 10.7. The maximum atomic E-state index is 11.7. The van der Waals surface area contributed by atoms with Crippen molar-refractivity contribution in [1.29, 1.82) is 0 Å². The van der Waals surface area contributed by atoms with E-state index in [0.717, 1.165) is 35.2 Å². The van der Waals surface area contributed by atoms with Gasteiger partial charge in [-0.15, -0.1) is 0 Å². The van der Waals surface area contributed by atoms with Gasteiger partial charge in [-0.05, 0) is 60.7 Å². The van der Waals surface area contributed by atoms with Crippen molar-refractivity contribution in [3.8, 4) is 11.5 Å². The Labute approximate surface area is 182 Å². The summed E-state index contributed by atoms with van der Waals surface area (Å²) in [7, 11) is 0. The molecule has 3 aromatic carbocycles. The number of ether oxygens (including phenoxy) is 1. The van der Waals surface area contributed by atoms with Crippen molar-refractivity contribution in [2.24, 2.45) is 0 Å². The van der Waals surface area contributed by atoms with Crippen LogP contribution in [0.25, 0.3) is 10.9 Å². The van der Waals surface area contributed by atoms with E-state index in [-0.39, 0.29) is 12.3 Å². The third-order valence-corrected chi connectivity index (χ3v) is 5.72. The van der Waals surface area contributed by atoms with Crippen LogP contribution in [-0.4, -0.2) is 10.5 Å². The molecule has 1 aromatic heterocycles. The van der Waals surface area contributed by atoms with Gasteiger partial charge < -0.3 is 19.2 Å². The number of hydrogen-bond acceptors (Lipinski definition) is 3. The normalized spacial score (nSPS) is 12.1. The molecular formula is C27H26NO3-. The molecular weight excluding hydrogens is 386 g/mol. The Bertz CT molecular complexity index is 1190. The lowest BCUT2D eigenvalue weighted by Gasteiger charge is -2.19. The van der Waals surface area contributed by atoms with Gasteiger partial charge in [0, 0.05) is 30.0 Å². The lowest BCUT2D eigenvalue weighted by atomic mass is 9.88. The third kappa shape index (κ3) is 4.33. The highest BCUT2D eigenvalue weighted by Gasteiger charge is 2.21. The molecule has 0 saturated carbocycles. The lowest BCUT2D eigenvalue weighted by Crippen LogP contribution is -2.24. The second-order valence-corrected chi connectivity index (χ2v) is 7.65. The van der Waals surface area contributed by atoms with Gasteiger partial charge in [0.05, 0.1) is 5.52 Å². The molecule has 1 heterocycles. The molecule has 0 fully saturated rings. The molecule has 0 aliphatic carbocycles. The predicted molar refractivity (Wildman–Crippen MR) is 121 cm³/mol. The largest absolute Gasteiger partial charge is 0.550 e. The Hall–Kier alpha value is -3.53. The number of rotatable bonds is 8. The number of nitrogens with zero attached hydrogens (tertiary/aromatic N) is 1. The van der Waals surface area contributed by atoms with E-state index in [1.54, 1.807) is 0 Å². The fourth-order valence-electron chi connectivity index (χ4n) is 4.27. The summed E-state index contributed by atoms with van der Waals surface area (Å²) < 4.78 is 8.21. The first-order chi connectivity index (χ1) is 15.1. The van der Waals surface area contributed by atoms with Gasteiger partial charge in [-0.25, -0.2) is 0 Å². The summed E-state index contributed by atoms with van der Waals surface area (Å²) in [5, 5.41) is 12.8. The van der Waals surface area contributed by atoms with E-state index < -0.39 is 5.97 Å². The number of aryl methyl sites for hydroxylation is 2. The molecule has 0 unspecified atom stereocenters. The van der Waals surface area contributed by atoms with Crippen molar-refractivity contribution < 1.29 is 14.6 Å². The minimum absolute atomic E-state index is 0.0893. The van der Waals surface area contributed by atoms with Crippen molar-refractivity contribution in [2.75, 3.05) is 0 Å². The van der Waals surface area contributed by atoms with Crippen molar-refractivity contribution >= 4 is 16.9 Å². The summed E-state index contributed by atoms with van der Waals surface area (Å²) in [4.78, 5) is 11.7. The van der Waals surface area contributed by atoms with Gasteiger partial charge in [-0.2, -0.15) is 0 Å². The number of hydrogen-bond donors (Lipinski definition) is 0. The van der Waals surface area contributed by atoms with Crippen molar-refractivity contribution in [2.45, 2.75) is 39.2 Å². The molecule has 0 aliphatic rings. The Balaban J connectivity index is 1.81. The third-order valence-electron chi connectivity index (χ3n) is 5.72. The van der Waals surface area contributed by atoms with Gasteiger partial charge in [0.25, 0.3) is 0 Å². The van der Waals surface area contributed by atoms with E-state index in [1.165, 1.54) is 11.1 Å². The average Bonchev–Trinajstić information content (AvgIpc) is 3.17. The quantitative estimate of drug-likeness (QED) is 0.395. The Morgan fingerprint density at radius 3 is 2.42 bits per heavy atom. The number of aromatic nitrogens is 1. The van der Waals surface area contributed by atoms with Crippen LogP contribution in [0.3, 0.4) is 0 Å². The Morgan fingerprint density at radius 2 is 1.71 bits per heavy atom. The highest BCUT2D eigenvalue weighted by Crippen LogP contribution is 2.37. The van der Waals surface area contributed by atoms with Crippen LogP contribution in [0.4, 0.5) is 0 Å². The smallest absolute Gasteiger partial charge is 0.127 e. The van der Waals surface area contributed by atoms with E-state index in [2.05, 4.69) is 42.8 Å². The minimum Gasteiger partial charge on any atom is -0.550 e. The fraction of sp³-hybridized carbons (Fsp3) is 0.222. The number of carbonyl (C=O) groups excluding carboxylic acids is 1. The summed E-state index contributed by atoms with van der Waals surface area (Å²) in [6.45, 7) is 5.07. The van der Waals surface area contributed by atoms with Crippen molar-refractivity contribution in [3.63, 3.8) is 0 Å². The predicted octanol–water partition coefficient (Wildman–Crippen LogP) is 5.29. The van der Waals surface area contributed by atoms with E-state index in [4.69, 9.17) is 4.74 Å². The maximum absolute atomic E-state index is 11.7. The van der Waals surface area contributed by atoms with E-state index >= 15 is 0 Å². The molecule has 0 bridgehead atoms. The second kappa shape index (κ2) is 9.09. The van der Waals surface area contributed by atoms with Crippen LogP contribution in [-0.2, 0) is 17.8 Å². The first-order valence-electron chi connectivity index (χ1n) is 10.7. The Morgan fingerprint density at radius 1 is 0.968 bits per heavy atom. The van der Waals surface area contributed by atoms with Gasteiger partial charge in [-0.3, -0.25) is 0 Å². The highest BCUT2D eigenvalue weighted by molar-refractivity contribution is 5.88. The van der Waals surface area contributed by atoms with E-state index in [0.29, 0.717) is 5.75 Å². The number of benzene rings is 3. The zero-order valence-electron chi connectivity index (χ0n) is 17.9. The highest BCUT2D eigenvalue weighted by atomic mass is 16.5. The van der Waals surface area contributed by atoms with Crippen molar-refractivity contribution in [3.05, 3.63) is 95.7 Å². The molecule has 0 N–H and O–H groups in total. The van der Waals surface area contributed by atoms with Crippen LogP contribution < -0.4 is 9.84 Å². The minimum atomic E-state index is -1.07. The van der Waals surface area contributed by atoms with Crippen LogP contribution in [0.2, 0.25) is 0 Å². The van der Waals surface area contributed by atoms with Crippen LogP contribution in [0.5, 0.6) is 11.5 Å². The number of carboxylic acid groups (broad SMARTS) is 1. The maximum Gasteiger partial charge on any atom is 0.127 e. The van der Waals surface area contributed by atoms with E-state index in [1.807, 2.05) is 54.6 Å². The molecule has 0 amide bonds. The van der Waals surface area contributed by atoms with Crippen LogP contribution >= 0.6 is 0 Å². The van der Waals surface area contributed by atoms with Gasteiger partial charge in [-0.1, -0.05) is 55.5 Å². The number of aliphatic carboxylic acids is 1. The molecule has 4 rings (SSSR count). The molecule has 1 atom stereocenters. The molecule has 0 spiro atoms. The summed E-state index contributed by atoms with van der Waals surface area (Å²) in [5.74, 6) is 0.0296. The van der Waals surface area contributed by atoms with Crippen LogP contribution in [0.1, 0.15) is 42.9 Å². The second-order valence-electron chi connectivity index (χ2n) is 7.65. The van der Waals surface area contributed by atoms with Gasteiger partial charge >= 0.3 is 0 Å². The van der Waals surface area contributed by atoms with Gasteiger partial charge in [0.15, 0.2) is 0 Å². The standard InChI is InChI=1S/C27H27NO3/c1-3-19-10-9-15-23-25(18-28(4-2)27(19)23)24(17-26(29)30)20-11-8-14-22(16-20)31-21-12-6-5-7-13-21/h5-16,18,24H,3-4,17H2,1-2H3,(H,29,30)/p-1/t24-/m1/s1. The fourth-order valence-corrected chi connectivity index (χ4v) is 4.27. The molecule has 4 heteroatoms. The topological polar surface area (TPSA) is 54.3 Å². The molecule has 0 radical (unpaired) electrons. The molecule has 0 saturated heterocycles. The monoisotopic (exact) mass is 412 g/mol. The zero-order valence-corrected chi connectivity index (χ0v) is 17.9. The molecule has 158 valence electrons. The zero-order chi connectivity index (χ0) is 21.8. The van der Waals surface area contributed by atoms with E-state index in [9.17, 15) is 9.90 Å². The van der Waals surface area contributed by atoms with Gasteiger partial charge in [0.2, 0.25) is 0 Å². The summed E-state index contributed by atoms with van der Waals surface area (Å²) >= 11 is 0. The summed E-state index contributed by atoms with van der Waals surface area (Å²) in [6.07, 6.45) is 2.93. The first kappa shape index (κ1) is 20.7. The number of para-hydroxylation sites is 2. The Kier molecular flexibility index (Phi) is 6.08.